The van der Waals surface area contributed by atoms with Crippen LogP contribution in [0.3, 0.4) is 0 Å². The van der Waals surface area contributed by atoms with Crippen LogP contribution in [0.25, 0.3) is 0 Å². The van der Waals surface area contributed by atoms with Gasteiger partial charge in [0.2, 0.25) is 5.91 Å². The van der Waals surface area contributed by atoms with Crippen molar-refractivity contribution >= 4 is 11.6 Å². The summed E-state index contributed by atoms with van der Waals surface area (Å²) in [6, 6.07) is 3.85. The maximum absolute atomic E-state index is 11.2. The highest BCUT2D eigenvalue weighted by molar-refractivity contribution is 6.09. The molecule has 14 heavy (non-hydrogen) atoms. The number of carbonyl (C=O) groups is 1. The molecule has 2 unspecified atom stereocenters. The van der Waals surface area contributed by atoms with Gasteiger partial charge >= 0.3 is 0 Å². The van der Waals surface area contributed by atoms with Gasteiger partial charge in [-0.05, 0) is 18.6 Å². The van der Waals surface area contributed by atoms with Gasteiger partial charge in [-0.3, -0.25) is 9.78 Å². The molecule has 1 fully saturated rings. The largest absolute Gasteiger partial charge is 0.273 e. The van der Waals surface area contributed by atoms with E-state index >= 15 is 0 Å². The molecule has 1 aromatic rings. The summed E-state index contributed by atoms with van der Waals surface area (Å²) in [5.41, 5.74) is 4.53. The highest BCUT2D eigenvalue weighted by atomic mass is 16.2. The lowest BCUT2D eigenvalue weighted by Crippen LogP contribution is -2.28. The number of hydrazone groups is 1. The van der Waals surface area contributed by atoms with Crippen LogP contribution in [0.5, 0.6) is 0 Å². The molecule has 1 N–H and O–H groups in total. The molecule has 0 aromatic carbocycles. The molecule has 2 atom stereocenters. The van der Waals surface area contributed by atoms with Crippen LogP contribution in [0.15, 0.2) is 29.6 Å². The molecule has 1 amide bonds. The molecule has 1 aliphatic heterocycles. The van der Waals surface area contributed by atoms with Crippen LogP contribution in [-0.2, 0) is 4.79 Å². The summed E-state index contributed by atoms with van der Waals surface area (Å²) in [7, 11) is 0. The van der Waals surface area contributed by atoms with Gasteiger partial charge in [0.25, 0.3) is 0 Å². The maximum Gasteiger partial charge on any atom is 0.243 e. The molecule has 0 saturated heterocycles. The molecule has 0 bridgehead atoms. The second-order valence-corrected chi connectivity index (χ2v) is 3.66. The average Bonchev–Trinajstić information content (AvgIpc) is 3.00. The van der Waals surface area contributed by atoms with Crippen molar-refractivity contribution in [3.8, 4) is 0 Å². The number of nitrogens with one attached hydrogen (secondary N) is 1. The Hall–Kier alpha value is -1.71. The van der Waals surface area contributed by atoms with Crippen molar-refractivity contribution in [3.05, 3.63) is 30.1 Å². The third-order valence-corrected chi connectivity index (χ3v) is 2.72. The molecular formula is C10H9N3O. The number of nitrogens with zero attached hydrogens (tertiary/aromatic N) is 2. The highest BCUT2D eigenvalue weighted by Gasteiger charge is 2.49. The maximum atomic E-state index is 11.2. The van der Waals surface area contributed by atoms with E-state index in [4.69, 9.17) is 0 Å². The van der Waals surface area contributed by atoms with Crippen molar-refractivity contribution in [2.24, 2.45) is 16.9 Å². The van der Waals surface area contributed by atoms with Crippen LogP contribution in [0.2, 0.25) is 0 Å². The zero-order chi connectivity index (χ0) is 9.54. The Balaban J connectivity index is 1.97. The summed E-state index contributed by atoms with van der Waals surface area (Å²) in [4.78, 5) is 15.2. The molecule has 1 aromatic heterocycles. The summed E-state index contributed by atoms with van der Waals surface area (Å²) in [6.07, 6.45) is 4.45. The first kappa shape index (κ1) is 7.67. The number of rotatable bonds is 1. The Labute approximate surface area is 81.0 Å². The number of hydrogen-bond donors (Lipinski definition) is 1. The van der Waals surface area contributed by atoms with Crippen molar-refractivity contribution in [1.29, 1.82) is 0 Å². The molecule has 2 heterocycles. The molecule has 0 spiro atoms. The molecule has 1 aliphatic carbocycles. The van der Waals surface area contributed by atoms with Crippen LogP contribution < -0.4 is 5.43 Å². The van der Waals surface area contributed by atoms with E-state index in [0.717, 1.165) is 17.7 Å². The number of pyridine rings is 1. The summed E-state index contributed by atoms with van der Waals surface area (Å²) in [5.74, 6) is 0.540. The lowest BCUT2D eigenvalue weighted by atomic mass is 10.1. The van der Waals surface area contributed by atoms with Crippen LogP contribution in [0, 0.1) is 11.8 Å². The lowest BCUT2D eigenvalue weighted by Gasteiger charge is -2.10. The number of carbonyl (C=O) groups excluding carboxylic acids is 1. The zero-order valence-electron chi connectivity index (χ0n) is 7.47. The second kappa shape index (κ2) is 2.64. The van der Waals surface area contributed by atoms with Crippen LogP contribution in [0.1, 0.15) is 12.0 Å². The fourth-order valence-electron chi connectivity index (χ4n) is 1.86. The van der Waals surface area contributed by atoms with E-state index in [-0.39, 0.29) is 11.8 Å². The normalized spacial score (nSPS) is 28.9. The number of fused-ring (bicyclic) bond motifs is 1. The van der Waals surface area contributed by atoms with Crippen molar-refractivity contribution in [2.45, 2.75) is 6.42 Å². The Kier molecular flexibility index (Phi) is 1.45. The van der Waals surface area contributed by atoms with Crippen LogP contribution in [0.4, 0.5) is 0 Å². The van der Waals surface area contributed by atoms with E-state index < -0.39 is 0 Å². The Morgan fingerprint density at radius 2 is 2.36 bits per heavy atom. The van der Waals surface area contributed by atoms with Crippen LogP contribution in [-0.4, -0.2) is 16.6 Å². The van der Waals surface area contributed by atoms with Gasteiger partial charge in [-0.1, -0.05) is 0 Å². The first-order chi connectivity index (χ1) is 6.86. The van der Waals surface area contributed by atoms with E-state index in [0.29, 0.717) is 5.92 Å². The molecule has 4 heteroatoms. The van der Waals surface area contributed by atoms with Crippen LogP contribution >= 0.6 is 0 Å². The zero-order valence-corrected chi connectivity index (χ0v) is 7.47. The highest BCUT2D eigenvalue weighted by Crippen LogP contribution is 2.43. The van der Waals surface area contributed by atoms with Crippen molar-refractivity contribution in [1.82, 2.24) is 10.4 Å². The first-order valence-electron chi connectivity index (χ1n) is 4.64. The first-order valence-corrected chi connectivity index (χ1v) is 4.64. The summed E-state index contributed by atoms with van der Waals surface area (Å²) < 4.78 is 0. The fourth-order valence-corrected chi connectivity index (χ4v) is 1.86. The molecular weight excluding hydrogens is 178 g/mol. The molecule has 4 nitrogen and oxygen atoms in total. The third-order valence-electron chi connectivity index (χ3n) is 2.72. The van der Waals surface area contributed by atoms with Crippen molar-refractivity contribution < 1.29 is 4.79 Å². The Bertz CT molecular complexity index is 413. The standard InChI is InChI=1S/C10H9N3O/c14-10-8-4-7(8)9(12-13-10)6-2-1-3-11-5-6/h1-3,5,7-8H,4H2,(H,13,14). The lowest BCUT2D eigenvalue weighted by molar-refractivity contribution is -0.122. The monoisotopic (exact) mass is 187 g/mol. The van der Waals surface area contributed by atoms with Crippen molar-refractivity contribution in [3.63, 3.8) is 0 Å². The van der Waals surface area contributed by atoms with Gasteiger partial charge in [0, 0.05) is 29.8 Å². The minimum Gasteiger partial charge on any atom is -0.273 e. The summed E-state index contributed by atoms with van der Waals surface area (Å²) in [5, 5.41) is 4.08. The van der Waals surface area contributed by atoms with Gasteiger partial charge in [0.15, 0.2) is 0 Å². The minimum atomic E-state index is 0.0580. The van der Waals surface area contributed by atoms with Gasteiger partial charge in [0.1, 0.15) is 0 Å². The predicted molar refractivity (Wildman–Crippen MR) is 50.5 cm³/mol. The van der Waals surface area contributed by atoms with Gasteiger partial charge in [-0.25, -0.2) is 5.43 Å². The van der Waals surface area contributed by atoms with E-state index in [1.807, 2.05) is 12.1 Å². The number of hydrogen-bond acceptors (Lipinski definition) is 3. The smallest absolute Gasteiger partial charge is 0.243 e. The Morgan fingerprint density at radius 3 is 3.14 bits per heavy atom. The molecule has 70 valence electrons. The van der Waals surface area contributed by atoms with Gasteiger partial charge in [0.05, 0.1) is 5.71 Å². The SMILES string of the molecule is O=C1NN=C(c2cccnc2)C2CC12. The van der Waals surface area contributed by atoms with E-state index in [1.54, 1.807) is 12.4 Å². The van der Waals surface area contributed by atoms with Crippen molar-refractivity contribution in [2.75, 3.05) is 0 Å². The minimum absolute atomic E-state index is 0.0580. The molecule has 3 rings (SSSR count). The number of amides is 1. The van der Waals surface area contributed by atoms with Gasteiger partial charge in [-0.15, -0.1) is 0 Å². The quantitative estimate of drug-likeness (QED) is 0.698. The molecule has 1 saturated carbocycles. The molecule has 2 aliphatic rings. The third kappa shape index (κ3) is 1.04. The average molecular weight is 187 g/mol. The predicted octanol–water partition coefficient (Wildman–Crippen LogP) is 0.552. The summed E-state index contributed by atoms with van der Waals surface area (Å²) >= 11 is 0. The topological polar surface area (TPSA) is 54.4 Å². The fraction of sp³-hybridized carbons (Fsp3) is 0.300. The summed E-state index contributed by atoms with van der Waals surface area (Å²) in [6.45, 7) is 0. The second-order valence-electron chi connectivity index (χ2n) is 3.66. The Morgan fingerprint density at radius 1 is 1.43 bits per heavy atom. The van der Waals surface area contributed by atoms with E-state index in [2.05, 4.69) is 15.5 Å². The molecule has 0 radical (unpaired) electrons. The van der Waals surface area contributed by atoms with Gasteiger partial charge in [-0.2, -0.15) is 5.10 Å². The van der Waals surface area contributed by atoms with Gasteiger partial charge < -0.3 is 0 Å². The van der Waals surface area contributed by atoms with E-state index in [9.17, 15) is 4.79 Å². The number of aromatic nitrogens is 1. The van der Waals surface area contributed by atoms with E-state index in [1.165, 1.54) is 0 Å².